The van der Waals surface area contributed by atoms with E-state index < -0.39 is 41.1 Å². The fourth-order valence-corrected chi connectivity index (χ4v) is 6.61. The molecular formula is C28H44N2O6. The van der Waals surface area contributed by atoms with Gasteiger partial charge in [0, 0.05) is 12.6 Å². The van der Waals surface area contributed by atoms with Gasteiger partial charge in [-0.05, 0) is 51.9 Å². The number of hydrogen-bond donors (Lipinski definition) is 1. The maximum atomic E-state index is 14.2. The number of hydrogen-bond acceptors (Lipinski definition) is 6. The molecule has 3 saturated heterocycles. The third kappa shape index (κ3) is 4.40. The SMILES string of the molecule is C=CCCCOC(=O)[C@H]1[C@H]2C(=O)N([C@@H](CO)C(C)C)C(C(=O)N(CC=C)C(C)C)C23CC[C@]1(CC)O3. The van der Waals surface area contributed by atoms with Gasteiger partial charge < -0.3 is 24.4 Å². The minimum Gasteiger partial charge on any atom is -0.465 e. The molecule has 0 aliphatic carbocycles. The largest absolute Gasteiger partial charge is 0.465 e. The Morgan fingerprint density at radius 2 is 1.94 bits per heavy atom. The summed E-state index contributed by atoms with van der Waals surface area (Å²) in [6.45, 7) is 17.4. The molecule has 3 fully saturated rings. The van der Waals surface area contributed by atoms with Crippen LogP contribution >= 0.6 is 0 Å². The van der Waals surface area contributed by atoms with E-state index in [0.717, 1.165) is 6.42 Å². The lowest BCUT2D eigenvalue weighted by Crippen LogP contribution is -2.60. The van der Waals surface area contributed by atoms with Crippen molar-refractivity contribution in [2.75, 3.05) is 19.8 Å². The minimum atomic E-state index is -1.13. The van der Waals surface area contributed by atoms with Gasteiger partial charge in [0.15, 0.2) is 0 Å². The van der Waals surface area contributed by atoms with Gasteiger partial charge in [0.25, 0.3) is 0 Å². The minimum absolute atomic E-state index is 0.0991. The number of nitrogens with zero attached hydrogens (tertiary/aromatic N) is 2. The second-order valence-corrected chi connectivity index (χ2v) is 11.0. The van der Waals surface area contributed by atoms with E-state index in [1.807, 2.05) is 34.6 Å². The lowest BCUT2D eigenvalue weighted by molar-refractivity contribution is -0.164. The van der Waals surface area contributed by atoms with Crippen molar-refractivity contribution in [1.29, 1.82) is 0 Å². The highest BCUT2D eigenvalue weighted by Crippen LogP contribution is 2.65. The predicted octanol–water partition coefficient (Wildman–Crippen LogP) is 3.09. The molecule has 3 heterocycles. The highest BCUT2D eigenvalue weighted by Gasteiger charge is 2.79. The summed E-state index contributed by atoms with van der Waals surface area (Å²) >= 11 is 0. The van der Waals surface area contributed by atoms with Crippen molar-refractivity contribution in [3.63, 3.8) is 0 Å². The summed E-state index contributed by atoms with van der Waals surface area (Å²) in [5, 5.41) is 10.3. The molecule has 0 aromatic carbocycles. The first kappa shape index (κ1) is 28.4. The summed E-state index contributed by atoms with van der Waals surface area (Å²) in [4.78, 5) is 45.2. The fraction of sp³-hybridized carbons (Fsp3) is 0.750. The van der Waals surface area contributed by atoms with E-state index in [9.17, 15) is 19.5 Å². The molecule has 0 aromatic rings. The molecule has 2 unspecified atom stereocenters. The smallest absolute Gasteiger partial charge is 0.312 e. The van der Waals surface area contributed by atoms with Crippen LogP contribution in [0.4, 0.5) is 0 Å². The van der Waals surface area contributed by atoms with Crippen molar-refractivity contribution in [3.8, 4) is 0 Å². The van der Waals surface area contributed by atoms with Crippen LogP contribution in [-0.4, -0.2) is 81.8 Å². The number of aliphatic hydroxyl groups is 1. The van der Waals surface area contributed by atoms with Crippen molar-refractivity contribution in [1.82, 2.24) is 9.80 Å². The highest BCUT2D eigenvalue weighted by atomic mass is 16.6. The first-order valence-electron chi connectivity index (χ1n) is 13.4. The van der Waals surface area contributed by atoms with E-state index in [4.69, 9.17) is 9.47 Å². The predicted molar refractivity (Wildman–Crippen MR) is 137 cm³/mol. The molecule has 0 saturated carbocycles. The zero-order valence-electron chi connectivity index (χ0n) is 22.6. The standard InChI is InChI=1S/C28H44N2O6/c1-8-11-12-16-35-26(34)22-21-24(32)30(20(17-31)18(4)5)23(25(33)29(15-9-2)19(6)7)28(21)14-13-27(22,10-3)36-28/h8-9,18-23,31H,1-2,10-17H2,3-7H3/t20-,21-,22+,23?,27-,28?/m0/s1. The lowest BCUT2D eigenvalue weighted by Gasteiger charge is -2.41. The van der Waals surface area contributed by atoms with Crippen molar-refractivity contribution in [2.45, 2.75) is 96.1 Å². The molecule has 0 aromatic heterocycles. The van der Waals surface area contributed by atoms with Crippen LogP contribution in [0.1, 0.15) is 66.7 Å². The molecule has 1 N–H and O–H groups in total. The number of rotatable bonds is 13. The number of fused-ring (bicyclic) bond motifs is 1. The van der Waals surface area contributed by atoms with Gasteiger partial charge in [-0.3, -0.25) is 14.4 Å². The molecule has 3 rings (SSSR count). The number of allylic oxidation sites excluding steroid dienone is 1. The summed E-state index contributed by atoms with van der Waals surface area (Å²) in [7, 11) is 0. The van der Waals surface area contributed by atoms with E-state index in [0.29, 0.717) is 32.2 Å². The second-order valence-electron chi connectivity index (χ2n) is 11.0. The van der Waals surface area contributed by atoms with Crippen LogP contribution in [0.25, 0.3) is 0 Å². The zero-order valence-corrected chi connectivity index (χ0v) is 22.6. The highest BCUT2D eigenvalue weighted by molar-refractivity contribution is 5.99. The van der Waals surface area contributed by atoms with Gasteiger partial charge in [0.05, 0.1) is 30.8 Å². The quantitative estimate of drug-likeness (QED) is 0.235. The summed E-state index contributed by atoms with van der Waals surface area (Å²) in [6.07, 6.45) is 6.45. The van der Waals surface area contributed by atoms with Crippen LogP contribution in [0, 0.1) is 17.8 Å². The fourth-order valence-electron chi connectivity index (χ4n) is 6.61. The van der Waals surface area contributed by atoms with Crippen LogP contribution in [0.5, 0.6) is 0 Å². The Morgan fingerprint density at radius 1 is 1.25 bits per heavy atom. The average Bonchev–Trinajstić information content (AvgIpc) is 3.44. The van der Waals surface area contributed by atoms with Gasteiger partial charge in [-0.15, -0.1) is 13.2 Å². The summed E-state index contributed by atoms with van der Waals surface area (Å²) in [5.74, 6) is -2.68. The van der Waals surface area contributed by atoms with E-state index in [2.05, 4.69) is 13.2 Å². The third-order valence-electron chi connectivity index (χ3n) is 8.45. The molecule has 8 heteroatoms. The van der Waals surface area contributed by atoms with E-state index in [-0.39, 0.29) is 37.0 Å². The van der Waals surface area contributed by atoms with Crippen molar-refractivity contribution in [2.24, 2.45) is 17.8 Å². The average molecular weight is 505 g/mol. The number of ether oxygens (including phenoxy) is 2. The Morgan fingerprint density at radius 3 is 2.47 bits per heavy atom. The van der Waals surface area contributed by atoms with Gasteiger partial charge in [-0.1, -0.05) is 32.9 Å². The van der Waals surface area contributed by atoms with Gasteiger partial charge in [0.1, 0.15) is 17.6 Å². The molecule has 1 spiro atoms. The number of likely N-dealkylation sites (tertiary alicyclic amines) is 1. The molecule has 202 valence electrons. The molecule has 2 amide bonds. The van der Waals surface area contributed by atoms with Crippen molar-refractivity contribution in [3.05, 3.63) is 25.3 Å². The van der Waals surface area contributed by atoms with Crippen LogP contribution in [0.15, 0.2) is 25.3 Å². The number of carbonyl (C=O) groups is 3. The Balaban J connectivity index is 2.10. The Hall–Kier alpha value is -2.19. The zero-order chi connectivity index (χ0) is 26.8. The van der Waals surface area contributed by atoms with Crippen LogP contribution in [0.2, 0.25) is 0 Å². The van der Waals surface area contributed by atoms with Gasteiger partial charge in [-0.2, -0.15) is 0 Å². The molecule has 0 radical (unpaired) electrons. The van der Waals surface area contributed by atoms with Crippen LogP contribution in [0.3, 0.4) is 0 Å². The molecule has 3 aliphatic rings. The van der Waals surface area contributed by atoms with Crippen LogP contribution < -0.4 is 0 Å². The lowest BCUT2D eigenvalue weighted by atomic mass is 9.65. The molecule has 36 heavy (non-hydrogen) atoms. The number of carbonyl (C=O) groups excluding carboxylic acids is 3. The maximum Gasteiger partial charge on any atom is 0.312 e. The normalized spacial score (nSPS) is 31.6. The third-order valence-corrected chi connectivity index (χ3v) is 8.45. The first-order chi connectivity index (χ1) is 17.1. The maximum absolute atomic E-state index is 14.2. The van der Waals surface area contributed by atoms with E-state index in [1.165, 1.54) is 0 Å². The molecule has 2 bridgehead atoms. The number of unbranched alkanes of at least 4 members (excludes halogenated alkanes) is 1. The van der Waals surface area contributed by atoms with Crippen molar-refractivity contribution < 1.29 is 29.0 Å². The molecule has 3 aliphatic heterocycles. The van der Waals surface area contributed by atoms with E-state index >= 15 is 0 Å². The van der Waals surface area contributed by atoms with Gasteiger partial charge in [0.2, 0.25) is 11.8 Å². The molecule has 8 nitrogen and oxygen atoms in total. The number of aliphatic hydroxyl groups excluding tert-OH is 1. The topological polar surface area (TPSA) is 96.4 Å². The Kier molecular flexibility index (Phi) is 8.71. The van der Waals surface area contributed by atoms with Crippen LogP contribution in [-0.2, 0) is 23.9 Å². The summed E-state index contributed by atoms with van der Waals surface area (Å²) in [6, 6.07) is -1.63. The Labute approximate surface area is 215 Å². The second kappa shape index (κ2) is 11.1. The number of amides is 2. The van der Waals surface area contributed by atoms with Gasteiger partial charge >= 0.3 is 5.97 Å². The summed E-state index contributed by atoms with van der Waals surface area (Å²) in [5.41, 5.74) is -1.97. The summed E-state index contributed by atoms with van der Waals surface area (Å²) < 4.78 is 12.4. The molecular weight excluding hydrogens is 460 g/mol. The monoisotopic (exact) mass is 504 g/mol. The first-order valence-corrected chi connectivity index (χ1v) is 13.4. The van der Waals surface area contributed by atoms with Gasteiger partial charge in [-0.25, -0.2) is 0 Å². The number of esters is 1. The molecule has 6 atom stereocenters. The van der Waals surface area contributed by atoms with E-state index in [1.54, 1.807) is 22.0 Å². The van der Waals surface area contributed by atoms with Crippen molar-refractivity contribution >= 4 is 17.8 Å². The Bertz CT molecular complexity index is 872.